The van der Waals surface area contributed by atoms with E-state index in [2.05, 4.69) is 35.4 Å². The first-order chi connectivity index (χ1) is 9.81. The van der Waals surface area contributed by atoms with E-state index < -0.39 is 0 Å². The number of hydrogen-bond acceptors (Lipinski definition) is 4. The van der Waals surface area contributed by atoms with Gasteiger partial charge in [0.1, 0.15) is 12.4 Å². The third-order valence-electron chi connectivity index (χ3n) is 2.93. The van der Waals surface area contributed by atoms with Crippen molar-refractivity contribution in [2.45, 2.75) is 6.92 Å². The van der Waals surface area contributed by atoms with Crippen molar-refractivity contribution in [3.05, 3.63) is 54.1 Å². The zero-order valence-corrected chi connectivity index (χ0v) is 12.1. The quantitative estimate of drug-likeness (QED) is 0.716. The van der Waals surface area contributed by atoms with Crippen LogP contribution in [0.3, 0.4) is 0 Å². The first kappa shape index (κ1) is 12.9. The molecular weight excluding hydrogens is 268 g/mol. The molecule has 0 aliphatic rings. The molecule has 0 spiro atoms. The molecular formula is C16H16N2OS. The van der Waals surface area contributed by atoms with Crippen LogP contribution < -0.4 is 10.1 Å². The van der Waals surface area contributed by atoms with Gasteiger partial charge in [0, 0.05) is 0 Å². The summed E-state index contributed by atoms with van der Waals surface area (Å²) in [6.07, 6.45) is 0. The van der Waals surface area contributed by atoms with Gasteiger partial charge in [-0.25, -0.2) is 4.98 Å². The van der Waals surface area contributed by atoms with Crippen LogP contribution >= 0.6 is 11.3 Å². The number of benzene rings is 2. The van der Waals surface area contributed by atoms with Crippen molar-refractivity contribution in [2.75, 3.05) is 18.5 Å². The third-order valence-corrected chi connectivity index (χ3v) is 3.91. The average Bonchev–Trinajstić information content (AvgIpc) is 2.86. The molecule has 0 saturated heterocycles. The number of nitrogens with zero attached hydrogens (tertiary/aromatic N) is 1. The summed E-state index contributed by atoms with van der Waals surface area (Å²) in [5, 5.41) is 4.25. The minimum atomic E-state index is 0.624. The van der Waals surface area contributed by atoms with Gasteiger partial charge in [-0.1, -0.05) is 35.6 Å². The molecule has 0 bridgehead atoms. The van der Waals surface area contributed by atoms with Crippen LogP contribution in [0.25, 0.3) is 10.2 Å². The van der Waals surface area contributed by atoms with Crippen molar-refractivity contribution in [1.29, 1.82) is 0 Å². The molecule has 0 atom stereocenters. The van der Waals surface area contributed by atoms with Crippen LogP contribution in [0.1, 0.15) is 5.56 Å². The second-order valence-corrected chi connectivity index (χ2v) is 5.61. The fourth-order valence-corrected chi connectivity index (χ4v) is 2.94. The maximum Gasteiger partial charge on any atom is 0.183 e. The van der Waals surface area contributed by atoms with Gasteiger partial charge in [-0.3, -0.25) is 0 Å². The van der Waals surface area contributed by atoms with Crippen molar-refractivity contribution < 1.29 is 4.74 Å². The highest BCUT2D eigenvalue weighted by atomic mass is 32.1. The number of rotatable bonds is 5. The summed E-state index contributed by atoms with van der Waals surface area (Å²) in [6.45, 7) is 3.46. The van der Waals surface area contributed by atoms with E-state index in [0.29, 0.717) is 6.61 Å². The predicted molar refractivity (Wildman–Crippen MR) is 84.8 cm³/mol. The van der Waals surface area contributed by atoms with Crippen molar-refractivity contribution in [1.82, 2.24) is 4.98 Å². The van der Waals surface area contributed by atoms with Gasteiger partial charge in [-0.2, -0.15) is 0 Å². The van der Waals surface area contributed by atoms with Gasteiger partial charge in [-0.15, -0.1) is 0 Å². The first-order valence-corrected chi connectivity index (χ1v) is 7.42. The van der Waals surface area contributed by atoms with Crippen molar-refractivity contribution in [2.24, 2.45) is 0 Å². The summed E-state index contributed by atoms with van der Waals surface area (Å²) in [6, 6.07) is 16.2. The molecule has 1 aromatic heterocycles. The first-order valence-electron chi connectivity index (χ1n) is 6.60. The van der Waals surface area contributed by atoms with Crippen molar-refractivity contribution >= 4 is 26.7 Å². The van der Waals surface area contributed by atoms with E-state index in [9.17, 15) is 0 Å². The Labute approximate surface area is 122 Å². The second-order valence-electron chi connectivity index (χ2n) is 4.58. The number of fused-ring (bicyclic) bond motifs is 1. The molecule has 0 aliphatic heterocycles. The molecule has 4 heteroatoms. The number of thiazole rings is 1. The number of para-hydroxylation sites is 1. The summed E-state index contributed by atoms with van der Waals surface area (Å²) in [7, 11) is 0. The lowest BCUT2D eigenvalue weighted by Gasteiger charge is -2.05. The van der Waals surface area contributed by atoms with E-state index in [-0.39, 0.29) is 0 Å². The molecule has 1 heterocycles. The maximum absolute atomic E-state index is 5.64. The Bertz CT molecular complexity index is 694. The van der Waals surface area contributed by atoms with Crippen LogP contribution in [-0.4, -0.2) is 18.1 Å². The monoisotopic (exact) mass is 284 g/mol. The maximum atomic E-state index is 5.64. The summed E-state index contributed by atoms with van der Waals surface area (Å²) in [5.41, 5.74) is 2.31. The Hall–Kier alpha value is -2.07. The number of nitrogens with one attached hydrogen (secondary N) is 1. The fraction of sp³-hybridized carbons (Fsp3) is 0.188. The van der Waals surface area contributed by atoms with Gasteiger partial charge in [-0.05, 0) is 36.8 Å². The fourth-order valence-electron chi connectivity index (χ4n) is 1.95. The lowest BCUT2D eigenvalue weighted by atomic mass is 10.2. The van der Waals surface area contributed by atoms with Crippen LogP contribution in [0, 0.1) is 6.92 Å². The van der Waals surface area contributed by atoms with E-state index >= 15 is 0 Å². The molecule has 3 aromatic rings. The minimum absolute atomic E-state index is 0.624. The zero-order valence-electron chi connectivity index (χ0n) is 11.3. The Morgan fingerprint density at radius 3 is 2.85 bits per heavy atom. The normalized spacial score (nSPS) is 10.7. The smallest absolute Gasteiger partial charge is 0.183 e. The van der Waals surface area contributed by atoms with Crippen LogP contribution in [0.4, 0.5) is 5.13 Å². The van der Waals surface area contributed by atoms with Crippen molar-refractivity contribution in [3.63, 3.8) is 0 Å². The molecule has 0 aliphatic carbocycles. The van der Waals surface area contributed by atoms with E-state index in [0.717, 1.165) is 22.9 Å². The Balaban J connectivity index is 1.55. The average molecular weight is 284 g/mol. The number of aryl methyl sites for hydroxylation is 1. The van der Waals surface area contributed by atoms with E-state index in [1.807, 2.05) is 30.3 Å². The molecule has 0 fully saturated rings. The van der Waals surface area contributed by atoms with Gasteiger partial charge in [0.2, 0.25) is 0 Å². The van der Waals surface area contributed by atoms with Gasteiger partial charge in [0.25, 0.3) is 0 Å². The molecule has 20 heavy (non-hydrogen) atoms. The van der Waals surface area contributed by atoms with Crippen LogP contribution in [-0.2, 0) is 0 Å². The molecule has 0 saturated carbocycles. The van der Waals surface area contributed by atoms with Crippen LogP contribution in [0.5, 0.6) is 5.75 Å². The molecule has 3 nitrogen and oxygen atoms in total. The highest BCUT2D eigenvalue weighted by Crippen LogP contribution is 2.26. The minimum Gasteiger partial charge on any atom is -0.492 e. The standard InChI is InChI=1S/C16H16N2OS/c1-12-7-8-14-15(11-12)20-16(18-14)17-9-10-19-13-5-3-2-4-6-13/h2-8,11H,9-10H2,1H3,(H,17,18). The van der Waals surface area contributed by atoms with Crippen molar-refractivity contribution in [3.8, 4) is 5.75 Å². The lowest BCUT2D eigenvalue weighted by Crippen LogP contribution is -2.11. The van der Waals surface area contributed by atoms with Crippen LogP contribution in [0.2, 0.25) is 0 Å². The van der Waals surface area contributed by atoms with Gasteiger partial charge < -0.3 is 10.1 Å². The lowest BCUT2D eigenvalue weighted by molar-refractivity contribution is 0.333. The Morgan fingerprint density at radius 2 is 2.00 bits per heavy atom. The van der Waals surface area contributed by atoms with E-state index in [1.165, 1.54) is 10.3 Å². The third kappa shape index (κ3) is 3.08. The SMILES string of the molecule is Cc1ccc2nc(NCCOc3ccccc3)sc2c1. The molecule has 102 valence electrons. The number of ether oxygens (including phenoxy) is 1. The van der Waals surface area contributed by atoms with E-state index in [4.69, 9.17) is 4.74 Å². The highest BCUT2D eigenvalue weighted by Gasteiger charge is 2.03. The molecule has 2 aromatic carbocycles. The highest BCUT2D eigenvalue weighted by molar-refractivity contribution is 7.22. The van der Waals surface area contributed by atoms with E-state index in [1.54, 1.807) is 11.3 Å². The summed E-state index contributed by atoms with van der Waals surface area (Å²) >= 11 is 1.68. The molecule has 3 rings (SSSR count). The predicted octanol–water partition coefficient (Wildman–Crippen LogP) is 4.10. The van der Waals surface area contributed by atoms with Crippen LogP contribution in [0.15, 0.2) is 48.5 Å². The number of aromatic nitrogens is 1. The molecule has 0 unspecified atom stereocenters. The molecule has 0 radical (unpaired) electrons. The number of hydrogen-bond donors (Lipinski definition) is 1. The summed E-state index contributed by atoms with van der Waals surface area (Å²) < 4.78 is 6.85. The largest absolute Gasteiger partial charge is 0.492 e. The van der Waals surface area contributed by atoms with Gasteiger partial charge in [0.05, 0.1) is 16.8 Å². The number of anilines is 1. The zero-order chi connectivity index (χ0) is 13.8. The molecule has 1 N–H and O–H groups in total. The summed E-state index contributed by atoms with van der Waals surface area (Å²) in [5.74, 6) is 0.897. The Morgan fingerprint density at radius 1 is 1.15 bits per heavy atom. The summed E-state index contributed by atoms with van der Waals surface area (Å²) in [4.78, 5) is 4.55. The molecule has 0 amide bonds. The van der Waals surface area contributed by atoms with Gasteiger partial charge >= 0.3 is 0 Å². The van der Waals surface area contributed by atoms with Gasteiger partial charge in [0.15, 0.2) is 5.13 Å². The Kier molecular flexibility index (Phi) is 3.83. The second kappa shape index (κ2) is 5.92. The topological polar surface area (TPSA) is 34.2 Å².